The highest BCUT2D eigenvalue weighted by Crippen LogP contribution is 2.31. The van der Waals surface area contributed by atoms with E-state index in [9.17, 15) is 4.79 Å². The Hall–Kier alpha value is -6.75. The molecule has 11 nitrogen and oxygen atoms in total. The van der Waals surface area contributed by atoms with E-state index >= 15 is 0 Å². The lowest BCUT2D eigenvalue weighted by Crippen LogP contribution is -2.21. The third-order valence-electron chi connectivity index (χ3n) is 9.06. The van der Waals surface area contributed by atoms with Crippen LogP contribution in [0, 0.1) is 6.92 Å². The molecule has 3 heterocycles. The molecule has 0 spiro atoms. The van der Waals surface area contributed by atoms with Gasteiger partial charge in [0.05, 0.1) is 23.3 Å². The Morgan fingerprint density at radius 3 is 2.44 bits per heavy atom. The zero-order chi connectivity index (χ0) is 37.7. The molecule has 11 heteroatoms. The number of aromatic nitrogens is 5. The second kappa shape index (κ2) is 15.5. The number of rotatable bonds is 11. The van der Waals surface area contributed by atoms with E-state index < -0.39 is 0 Å². The normalized spacial score (nSPS) is 11.3. The number of nitrogens with one attached hydrogen (secondary N) is 3. The fourth-order valence-corrected chi connectivity index (χ4v) is 6.09. The van der Waals surface area contributed by atoms with E-state index in [1.165, 1.54) is 0 Å². The molecule has 3 aromatic heterocycles. The number of para-hydroxylation sites is 1. The van der Waals surface area contributed by atoms with Crippen LogP contribution in [-0.4, -0.2) is 30.8 Å². The molecular formula is C43H43N9O2. The molecule has 7 aromatic rings. The number of anilines is 5. The standard InChI is InChI=1S/C43H43N9O2/c1-28-14-17-33(52-41(24-38(51-52)43(2,3)4)50-42(53)48-31-10-6-5-7-11-31)23-30(28)15-16-32-25-45-26-40(47-32)49-39-22-29(20-21-46-39)27-54-37-19-18-36(44)34-12-8-9-13-35(34)37/h5-14,17-26H,15-16,27,44H2,1-4H3,(H,46,47,49)(H2,48,50,53). The summed E-state index contributed by atoms with van der Waals surface area (Å²) in [7, 11) is 0. The first kappa shape index (κ1) is 35.6. The molecule has 5 N–H and O–H groups in total. The zero-order valence-electron chi connectivity index (χ0n) is 30.8. The number of amides is 2. The van der Waals surface area contributed by atoms with Crippen molar-refractivity contribution in [1.82, 2.24) is 24.7 Å². The molecule has 0 bridgehead atoms. The summed E-state index contributed by atoms with van der Waals surface area (Å²) in [5.41, 5.74) is 13.2. The number of aryl methyl sites for hydroxylation is 3. The summed E-state index contributed by atoms with van der Waals surface area (Å²) < 4.78 is 7.99. The molecule has 0 unspecified atom stereocenters. The first-order valence-corrected chi connectivity index (χ1v) is 17.9. The van der Waals surface area contributed by atoms with Crippen LogP contribution in [0.2, 0.25) is 0 Å². The maximum Gasteiger partial charge on any atom is 0.324 e. The van der Waals surface area contributed by atoms with Gasteiger partial charge in [0, 0.05) is 46.0 Å². The van der Waals surface area contributed by atoms with Crippen LogP contribution in [0.1, 0.15) is 48.8 Å². The largest absolute Gasteiger partial charge is 0.488 e. The van der Waals surface area contributed by atoms with Gasteiger partial charge in [-0.2, -0.15) is 5.10 Å². The second-order valence-corrected chi connectivity index (χ2v) is 14.2. The Balaban J connectivity index is 1.03. The number of pyridine rings is 1. The first-order chi connectivity index (χ1) is 26.1. The minimum Gasteiger partial charge on any atom is -0.488 e. The van der Waals surface area contributed by atoms with Crippen molar-refractivity contribution in [2.75, 3.05) is 21.7 Å². The molecule has 0 saturated carbocycles. The average Bonchev–Trinajstić information content (AvgIpc) is 3.59. The fourth-order valence-electron chi connectivity index (χ4n) is 6.09. The lowest BCUT2D eigenvalue weighted by atomic mass is 9.92. The topological polar surface area (TPSA) is 145 Å². The van der Waals surface area contributed by atoms with E-state index in [-0.39, 0.29) is 11.4 Å². The maximum absolute atomic E-state index is 13.0. The molecule has 2 amide bonds. The van der Waals surface area contributed by atoms with E-state index in [0.717, 1.165) is 62.4 Å². The fraction of sp³-hybridized carbons (Fsp3) is 0.186. The van der Waals surface area contributed by atoms with E-state index in [1.54, 1.807) is 23.3 Å². The van der Waals surface area contributed by atoms with Gasteiger partial charge in [0.1, 0.15) is 29.8 Å². The van der Waals surface area contributed by atoms with Gasteiger partial charge < -0.3 is 21.1 Å². The van der Waals surface area contributed by atoms with Gasteiger partial charge >= 0.3 is 6.03 Å². The molecule has 0 atom stereocenters. The molecule has 272 valence electrons. The van der Waals surface area contributed by atoms with Crippen molar-refractivity contribution in [3.05, 3.63) is 150 Å². The van der Waals surface area contributed by atoms with Crippen LogP contribution in [0.4, 0.5) is 33.6 Å². The van der Waals surface area contributed by atoms with Crippen molar-refractivity contribution in [2.24, 2.45) is 0 Å². The zero-order valence-corrected chi connectivity index (χ0v) is 30.8. The molecule has 7 rings (SSSR count). The van der Waals surface area contributed by atoms with Crippen LogP contribution in [0.25, 0.3) is 16.5 Å². The summed E-state index contributed by atoms with van der Waals surface area (Å²) in [6, 6.07) is 32.7. The minimum absolute atomic E-state index is 0.222. The summed E-state index contributed by atoms with van der Waals surface area (Å²) in [5.74, 6) is 2.59. The van der Waals surface area contributed by atoms with Gasteiger partial charge in [-0.25, -0.2) is 19.4 Å². The third kappa shape index (κ3) is 8.47. The van der Waals surface area contributed by atoms with E-state index in [0.29, 0.717) is 36.2 Å². The molecular weight excluding hydrogens is 675 g/mol. The van der Waals surface area contributed by atoms with Crippen LogP contribution in [-0.2, 0) is 24.9 Å². The predicted molar refractivity (Wildman–Crippen MR) is 216 cm³/mol. The van der Waals surface area contributed by atoms with Crippen LogP contribution < -0.4 is 26.4 Å². The van der Waals surface area contributed by atoms with Gasteiger partial charge in [-0.05, 0) is 85.0 Å². The second-order valence-electron chi connectivity index (χ2n) is 14.2. The smallest absolute Gasteiger partial charge is 0.324 e. The summed E-state index contributed by atoms with van der Waals surface area (Å²) in [6.07, 6.45) is 6.62. The number of nitrogen functional groups attached to an aromatic ring is 1. The van der Waals surface area contributed by atoms with Crippen molar-refractivity contribution in [2.45, 2.75) is 52.6 Å². The Labute approximate surface area is 314 Å². The van der Waals surface area contributed by atoms with Gasteiger partial charge in [0.2, 0.25) is 0 Å². The highest BCUT2D eigenvalue weighted by Gasteiger charge is 2.22. The number of urea groups is 1. The third-order valence-corrected chi connectivity index (χ3v) is 9.06. The quantitative estimate of drug-likeness (QED) is 0.0970. The molecule has 4 aromatic carbocycles. The molecule has 0 saturated heterocycles. The summed E-state index contributed by atoms with van der Waals surface area (Å²) in [4.78, 5) is 26.8. The van der Waals surface area contributed by atoms with Crippen molar-refractivity contribution in [3.63, 3.8) is 0 Å². The van der Waals surface area contributed by atoms with Crippen LogP contribution in [0.15, 0.2) is 122 Å². The highest BCUT2D eigenvalue weighted by molar-refractivity contribution is 5.99. The van der Waals surface area contributed by atoms with Crippen molar-refractivity contribution < 1.29 is 9.53 Å². The Kier molecular flexibility index (Phi) is 10.2. The molecule has 0 aliphatic heterocycles. The van der Waals surface area contributed by atoms with Crippen molar-refractivity contribution >= 4 is 45.6 Å². The Bertz CT molecular complexity index is 2420. The minimum atomic E-state index is -0.343. The van der Waals surface area contributed by atoms with Gasteiger partial charge in [0.25, 0.3) is 0 Å². The number of carbonyl (C=O) groups is 1. The lowest BCUT2D eigenvalue weighted by Gasteiger charge is -2.14. The first-order valence-electron chi connectivity index (χ1n) is 17.9. The molecule has 0 fully saturated rings. The van der Waals surface area contributed by atoms with E-state index in [2.05, 4.69) is 65.7 Å². The Morgan fingerprint density at radius 1 is 0.833 bits per heavy atom. The highest BCUT2D eigenvalue weighted by atomic mass is 16.5. The maximum atomic E-state index is 13.0. The van der Waals surface area contributed by atoms with Crippen LogP contribution >= 0.6 is 0 Å². The summed E-state index contributed by atoms with van der Waals surface area (Å²) in [6.45, 7) is 8.76. The van der Waals surface area contributed by atoms with Crippen molar-refractivity contribution in [3.8, 4) is 11.4 Å². The number of hydrogen-bond donors (Lipinski definition) is 4. The summed E-state index contributed by atoms with van der Waals surface area (Å²) in [5, 5.41) is 16.1. The molecule has 0 radical (unpaired) electrons. The van der Waals surface area contributed by atoms with Gasteiger partial charge in [-0.1, -0.05) is 69.3 Å². The van der Waals surface area contributed by atoms with Crippen LogP contribution in [0.3, 0.4) is 0 Å². The van der Waals surface area contributed by atoms with Crippen LogP contribution in [0.5, 0.6) is 5.75 Å². The predicted octanol–water partition coefficient (Wildman–Crippen LogP) is 9.15. The SMILES string of the molecule is Cc1ccc(-n2nc(C(C)(C)C)cc2NC(=O)Nc2ccccc2)cc1CCc1cncc(Nc2cc(COc3ccc(N)c4ccccc34)ccn2)n1. The summed E-state index contributed by atoms with van der Waals surface area (Å²) >= 11 is 0. The number of benzene rings is 4. The lowest BCUT2D eigenvalue weighted by molar-refractivity contribution is 0.262. The van der Waals surface area contributed by atoms with Gasteiger partial charge in [-0.15, -0.1) is 0 Å². The number of hydrogen-bond acceptors (Lipinski definition) is 8. The van der Waals surface area contributed by atoms with E-state index in [4.69, 9.17) is 20.6 Å². The number of carbonyl (C=O) groups excluding carboxylic acids is 1. The van der Waals surface area contributed by atoms with E-state index in [1.807, 2.05) is 91.0 Å². The monoisotopic (exact) mass is 717 g/mol. The number of fused-ring (bicyclic) bond motifs is 1. The van der Waals surface area contributed by atoms with Gasteiger partial charge in [-0.3, -0.25) is 10.3 Å². The number of nitrogens with zero attached hydrogens (tertiary/aromatic N) is 5. The molecule has 0 aliphatic carbocycles. The van der Waals surface area contributed by atoms with Crippen molar-refractivity contribution in [1.29, 1.82) is 0 Å². The Morgan fingerprint density at radius 2 is 1.63 bits per heavy atom. The number of nitrogens with two attached hydrogens (primary N) is 1. The average molecular weight is 718 g/mol. The van der Waals surface area contributed by atoms with Gasteiger partial charge in [0.15, 0.2) is 0 Å². The molecule has 54 heavy (non-hydrogen) atoms. The number of ether oxygens (including phenoxy) is 1. The molecule has 0 aliphatic rings.